The zero-order chi connectivity index (χ0) is 14.6. The lowest BCUT2D eigenvalue weighted by Crippen LogP contribution is -2.29. The first kappa shape index (κ1) is 15.4. The predicted octanol–water partition coefficient (Wildman–Crippen LogP) is 3.90. The molecule has 6 heteroatoms. The number of benzene rings is 1. The fraction of sp³-hybridized carbons (Fsp3) is 0.385. The lowest BCUT2D eigenvalue weighted by molar-refractivity contribution is 0.381. The Morgan fingerprint density at radius 2 is 2.11 bits per heavy atom. The Balaban J connectivity index is 3.13. The lowest BCUT2D eigenvalue weighted by atomic mass is 10.1. The van der Waals surface area contributed by atoms with Crippen molar-refractivity contribution in [2.45, 2.75) is 26.3 Å². The summed E-state index contributed by atoms with van der Waals surface area (Å²) < 4.78 is 27.2. The van der Waals surface area contributed by atoms with Crippen LogP contribution in [0, 0.1) is 23.1 Å². The number of halogens is 3. The van der Waals surface area contributed by atoms with Crippen LogP contribution < -0.4 is 0 Å². The summed E-state index contributed by atoms with van der Waals surface area (Å²) in [5, 5.41) is 8.34. The normalized spacial score (nSPS) is 13.0. The van der Waals surface area contributed by atoms with Crippen molar-refractivity contribution in [3.8, 4) is 6.19 Å². The van der Waals surface area contributed by atoms with Gasteiger partial charge in [0.1, 0.15) is 17.5 Å². The van der Waals surface area contributed by atoms with Crippen LogP contribution in [-0.2, 0) is 0 Å². The molecule has 102 valence electrons. The maximum absolute atomic E-state index is 13.8. The van der Waals surface area contributed by atoms with Crippen LogP contribution in [0.3, 0.4) is 0 Å². The third kappa shape index (κ3) is 3.42. The molecule has 0 heterocycles. The molecule has 0 aromatic heterocycles. The van der Waals surface area contributed by atoms with Gasteiger partial charge in [0.2, 0.25) is 6.19 Å². The van der Waals surface area contributed by atoms with Gasteiger partial charge in [-0.3, -0.25) is 0 Å². The van der Waals surface area contributed by atoms with Gasteiger partial charge in [-0.2, -0.15) is 10.3 Å². The average Bonchev–Trinajstić information content (AvgIpc) is 2.38. The smallest absolute Gasteiger partial charge is 0.207 e. The highest BCUT2D eigenvalue weighted by molar-refractivity contribution is 6.30. The summed E-state index contributed by atoms with van der Waals surface area (Å²) in [6.07, 6.45) is 2.22. The molecule has 1 rings (SSSR count). The van der Waals surface area contributed by atoms with E-state index in [1.807, 2.05) is 6.92 Å². The van der Waals surface area contributed by atoms with Crippen molar-refractivity contribution in [1.82, 2.24) is 4.90 Å². The maximum atomic E-state index is 13.8. The molecule has 19 heavy (non-hydrogen) atoms. The molecule has 0 saturated heterocycles. The van der Waals surface area contributed by atoms with Crippen molar-refractivity contribution in [3.63, 3.8) is 0 Å². The molecule has 0 aliphatic carbocycles. The minimum absolute atomic E-state index is 0.170. The van der Waals surface area contributed by atoms with Crippen LogP contribution in [-0.4, -0.2) is 17.8 Å². The minimum atomic E-state index is -0.673. The number of nitrogens with zero attached hydrogens (tertiary/aromatic N) is 3. The molecule has 1 aromatic carbocycles. The Bertz CT molecular complexity index is 537. The van der Waals surface area contributed by atoms with Crippen molar-refractivity contribution in [2.24, 2.45) is 4.99 Å². The maximum Gasteiger partial charge on any atom is 0.207 e. The predicted molar refractivity (Wildman–Crippen MR) is 70.9 cm³/mol. The van der Waals surface area contributed by atoms with Gasteiger partial charge in [0.25, 0.3) is 0 Å². The second-order valence-electron chi connectivity index (χ2n) is 4.06. The first-order valence-electron chi connectivity index (χ1n) is 5.75. The Morgan fingerprint density at radius 1 is 1.47 bits per heavy atom. The summed E-state index contributed by atoms with van der Waals surface area (Å²) in [4.78, 5) is 5.30. The van der Waals surface area contributed by atoms with Gasteiger partial charge in [0.05, 0.1) is 11.1 Å². The first-order chi connectivity index (χ1) is 8.92. The lowest BCUT2D eigenvalue weighted by Gasteiger charge is -2.27. The Labute approximate surface area is 116 Å². The van der Waals surface area contributed by atoms with Crippen molar-refractivity contribution in [3.05, 3.63) is 34.4 Å². The number of hydrogen-bond donors (Lipinski definition) is 0. The van der Waals surface area contributed by atoms with E-state index in [0.29, 0.717) is 12.3 Å². The van der Waals surface area contributed by atoms with Gasteiger partial charge in [-0.1, -0.05) is 18.5 Å². The second-order valence-corrected chi connectivity index (χ2v) is 4.46. The van der Waals surface area contributed by atoms with Crippen LogP contribution in [0.25, 0.3) is 0 Å². The van der Waals surface area contributed by atoms with Gasteiger partial charge in [-0.15, -0.1) is 0 Å². The zero-order valence-electron chi connectivity index (χ0n) is 10.9. The van der Waals surface area contributed by atoms with E-state index in [1.54, 1.807) is 25.1 Å². The molecular formula is C13H14ClF2N3. The highest BCUT2D eigenvalue weighted by Crippen LogP contribution is 2.27. The van der Waals surface area contributed by atoms with Crippen LogP contribution >= 0.6 is 11.6 Å². The molecule has 0 bridgehead atoms. The number of nitriles is 1. The monoisotopic (exact) mass is 285 g/mol. The van der Waals surface area contributed by atoms with E-state index in [9.17, 15) is 8.78 Å². The van der Waals surface area contributed by atoms with Crippen molar-refractivity contribution in [2.75, 3.05) is 7.05 Å². The van der Waals surface area contributed by atoms with Gasteiger partial charge in [-0.25, -0.2) is 8.78 Å². The molecule has 0 amide bonds. The summed E-state index contributed by atoms with van der Waals surface area (Å²) >= 11 is 5.51. The zero-order valence-corrected chi connectivity index (χ0v) is 11.7. The van der Waals surface area contributed by atoms with E-state index >= 15 is 0 Å². The van der Waals surface area contributed by atoms with E-state index < -0.39 is 17.7 Å². The molecule has 0 saturated carbocycles. The number of amidine groups is 1. The van der Waals surface area contributed by atoms with E-state index in [2.05, 4.69) is 4.99 Å². The van der Waals surface area contributed by atoms with Crippen molar-refractivity contribution in [1.29, 1.82) is 5.26 Å². The third-order valence-electron chi connectivity index (χ3n) is 2.97. The van der Waals surface area contributed by atoms with Gasteiger partial charge in [-0.05, 0) is 19.1 Å². The fourth-order valence-corrected chi connectivity index (χ4v) is 1.91. The van der Waals surface area contributed by atoms with Gasteiger partial charge in [0.15, 0.2) is 0 Å². The average molecular weight is 286 g/mol. The largest absolute Gasteiger partial charge is 0.356 e. The van der Waals surface area contributed by atoms with E-state index in [-0.39, 0.29) is 10.6 Å². The summed E-state index contributed by atoms with van der Waals surface area (Å²) in [7, 11) is 1.68. The van der Waals surface area contributed by atoms with Crippen molar-refractivity contribution < 1.29 is 8.78 Å². The molecule has 0 fully saturated rings. The number of aliphatic imine (C=N–C) groups is 1. The number of hydrogen-bond acceptors (Lipinski definition) is 2. The standard InChI is InChI=1S/C13H14ClF2N3/c1-4-13(18-7-17)19(3)8(2)9-5-12(16)10(14)6-11(9)15/h5-6,8H,4H2,1-3H3/t8-/m0/s1. The quantitative estimate of drug-likeness (QED) is 0.366. The topological polar surface area (TPSA) is 39.4 Å². The summed E-state index contributed by atoms with van der Waals surface area (Å²) in [6, 6.07) is 1.56. The molecule has 3 nitrogen and oxygen atoms in total. The Hall–Kier alpha value is -1.67. The second kappa shape index (κ2) is 6.48. The summed E-state index contributed by atoms with van der Waals surface area (Å²) in [5.41, 5.74) is 0.170. The van der Waals surface area contributed by atoms with E-state index in [1.165, 1.54) is 0 Å². The molecule has 0 aliphatic heterocycles. The van der Waals surface area contributed by atoms with Gasteiger partial charge < -0.3 is 4.90 Å². The SMILES string of the molecule is CCC(=NC#N)N(C)[C@@H](C)c1cc(F)c(Cl)cc1F. The van der Waals surface area contributed by atoms with Crippen LogP contribution in [0.5, 0.6) is 0 Å². The summed E-state index contributed by atoms with van der Waals surface area (Å²) in [6.45, 7) is 3.53. The molecule has 0 radical (unpaired) electrons. The highest BCUT2D eigenvalue weighted by atomic mass is 35.5. The Kier molecular flexibility index (Phi) is 5.25. The Morgan fingerprint density at radius 3 is 2.63 bits per heavy atom. The molecule has 1 aromatic rings. The molecule has 0 N–H and O–H groups in total. The molecular weight excluding hydrogens is 272 g/mol. The van der Waals surface area contributed by atoms with Gasteiger partial charge >= 0.3 is 0 Å². The van der Waals surface area contributed by atoms with Crippen LogP contribution in [0.4, 0.5) is 8.78 Å². The molecule has 1 atom stereocenters. The molecule has 0 spiro atoms. The van der Waals surface area contributed by atoms with Gasteiger partial charge in [0, 0.05) is 19.0 Å². The minimum Gasteiger partial charge on any atom is -0.356 e. The highest BCUT2D eigenvalue weighted by Gasteiger charge is 2.20. The van der Waals surface area contributed by atoms with Crippen LogP contribution in [0.15, 0.2) is 17.1 Å². The third-order valence-corrected chi connectivity index (χ3v) is 3.26. The number of rotatable bonds is 3. The molecule has 0 aliphatic rings. The van der Waals surface area contributed by atoms with E-state index in [4.69, 9.17) is 16.9 Å². The molecule has 0 unspecified atom stereocenters. The van der Waals surface area contributed by atoms with Crippen LogP contribution in [0.1, 0.15) is 31.9 Å². The fourth-order valence-electron chi connectivity index (χ4n) is 1.76. The van der Waals surface area contributed by atoms with E-state index in [0.717, 1.165) is 12.1 Å². The summed E-state index contributed by atoms with van der Waals surface area (Å²) in [5.74, 6) is -0.753. The first-order valence-corrected chi connectivity index (χ1v) is 6.13. The van der Waals surface area contributed by atoms with Crippen LogP contribution in [0.2, 0.25) is 5.02 Å². The van der Waals surface area contributed by atoms with Crippen molar-refractivity contribution >= 4 is 17.4 Å².